The van der Waals surface area contributed by atoms with E-state index in [-0.39, 0.29) is 11.8 Å². The number of carbonyl (C=O) groups is 1. The van der Waals surface area contributed by atoms with E-state index in [2.05, 4.69) is 27.6 Å². The predicted molar refractivity (Wildman–Crippen MR) is 109 cm³/mol. The zero-order chi connectivity index (χ0) is 18.4. The molecule has 1 aromatic heterocycles. The number of carbonyl (C=O) groups excluding carboxylic acids is 1. The molecule has 0 unspecified atom stereocenters. The molecular formula is C18H25N5OS2. The van der Waals surface area contributed by atoms with Crippen LogP contribution in [0.5, 0.6) is 0 Å². The number of nitrogens with zero attached hydrogens (tertiary/aromatic N) is 3. The van der Waals surface area contributed by atoms with Gasteiger partial charge in [-0.05, 0) is 43.6 Å². The molecule has 0 saturated carbocycles. The van der Waals surface area contributed by atoms with E-state index in [1.807, 2.05) is 35.0 Å². The van der Waals surface area contributed by atoms with E-state index in [1.165, 1.54) is 11.3 Å². The van der Waals surface area contributed by atoms with Crippen LogP contribution in [0, 0.1) is 9.87 Å². The van der Waals surface area contributed by atoms with Crippen molar-refractivity contribution in [2.75, 3.05) is 30.3 Å². The minimum absolute atomic E-state index is 0.0663. The lowest BCUT2D eigenvalue weighted by molar-refractivity contribution is -0.121. The summed E-state index contributed by atoms with van der Waals surface area (Å²) >= 11 is 6.93. The number of rotatable bonds is 7. The van der Waals surface area contributed by atoms with Crippen LogP contribution in [0.25, 0.3) is 0 Å². The standard InChI is InChI=1S/C18H25N5OS2/c1-2-10-19-17-21-23(18(25)26-17)13-22-11-8-14(9-12-22)16(24)20-15-6-4-3-5-7-15/h3-7,14H,2,8-13H2,1H3,(H,19,21)(H,20,24). The third kappa shape index (κ3) is 5.12. The first-order valence-corrected chi connectivity index (χ1v) is 10.3. The fraction of sp³-hybridized carbons (Fsp3) is 0.500. The highest BCUT2D eigenvalue weighted by Gasteiger charge is 2.25. The van der Waals surface area contributed by atoms with Gasteiger partial charge in [0, 0.05) is 31.2 Å². The van der Waals surface area contributed by atoms with Gasteiger partial charge in [0.2, 0.25) is 11.0 Å². The van der Waals surface area contributed by atoms with Crippen LogP contribution in [-0.4, -0.2) is 40.2 Å². The Morgan fingerprint density at radius 1 is 1.31 bits per heavy atom. The van der Waals surface area contributed by atoms with E-state index in [0.717, 1.165) is 53.7 Å². The van der Waals surface area contributed by atoms with Crippen molar-refractivity contribution in [2.45, 2.75) is 32.9 Å². The van der Waals surface area contributed by atoms with Crippen LogP contribution >= 0.6 is 23.6 Å². The summed E-state index contributed by atoms with van der Waals surface area (Å²) in [6.45, 7) is 5.48. The van der Waals surface area contributed by atoms with Crippen LogP contribution in [0.2, 0.25) is 0 Å². The quantitative estimate of drug-likeness (QED) is 0.703. The predicted octanol–water partition coefficient (Wildman–Crippen LogP) is 3.80. The monoisotopic (exact) mass is 391 g/mol. The van der Waals surface area contributed by atoms with Gasteiger partial charge in [-0.3, -0.25) is 9.69 Å². The number of amides is 1. The maximum Gasteiger partial charge on any atom is 0.227 e. The largest absolute Gasteiger partial charge is 0.360 e. The Morgan fingerprint density at radius 3 is 2.73 bits per heavy atom. The molecule has 3 rings (SSSR count). The second-order valence-electron chi connectivity index (χ2n) is 6.49. The fourth-order valence-electron chi connectivity index (χ4n) is 2.99. The average molecular weight is 392 g/mol. The summed E-state index contributed by atoms with van der Waals surface area (Å²) in [5, 5.41) is 11.7. The maximum atomic E-state index is 12.4. The Kier molecular flexibility index (Phi) is 6.76. The van der Waals surface area contributed by atoms with Crippen LogP contribution in [0.3, 0.4) is 0 Å². The van der Waals surface area contributed by atoms with Gasteiger partial charge in [-0.2, -0.15) is 0 Å². The number of para-hydroxylation sites is 1. The highest BCUT2D eigenvalue weighted by molar-refractivity contribution is 7.73. The average Bonchev–Trinajstić information content (AvgIpc) is 3.01. The molecule has 0 spiro atoms. The summed E-state index contributed by atoms with van der Waals surface area (Å²) in [5.41, 5.74) is 0.862. The number of anilines is 2. The van der Waals surface area contributed by atoms with Crippen molar-refractivity contribution in [3.63, 3.8) is 0 Å². The van der Waals surface area contributed by atoms with Gasteiger partial charge in [0.1, 0.15) is 0 Å². The molecule has 8 heteroatoms. The number of hydrogen-bond acceptors (Lipinski definition) is 6. The molecule has 0 bridgehead atoms. The third-order valence-electron chi connectivity index (χ3n) is 4.47. The molecular weight excluding hydrogens is 366 g/mol. The van der Waals surface area contributed by atoms with Crippen molar-refractivity contribution in [2.24, 2.45) is 5.92 Å². The molecule has 1 fully saturated rings. The second kappa shape index (κ2) is 9.25. The van der Waals surface area contributed by atoms with Crippen molar-refractivity contribution in [1.82, 2.24) is 14.7 Å². The van der Waals surface area contributed by atoms with E-state index < -0.39 is 0 Å². The summed E-state index contributed by atoms with van der Waals surface area (Å²) in [4.78, 5) is 14.7. The number of nitrogens with one attached hydrogen (secondary N) is 2. The topological polar surface area (TPSA) is 62.2 Å². The summed E-state index contributed by atoms with van der Waals surface area (Å²) < 4.78 is 2.66. The molecule has 2 aromatic rings. The lowest BCUT2D eigenvalue weighted by Gasteiger charge is -2.30. The van der Waals surface area contributed by atoms with Crippen LogP contribution in [0.1, 0.15) is 26.2 Å². The van der Waals surface area contributed by atoms with Crippen molar-refractivity contribution >= 4 is 40.3 Å². The summed E-state index contributed by atoms with van der Waals surface area (Å²) in [6, 6.07) is 9.64. The van der Waals surface area contributed by atoms with Crippen LogP contribution in [-0.2, 0) is 11.5 Å². The highest BCUT2D eigenvalue weighted by Crippen LogP contribution is 2.21. The number of hydrogen-bond donors (Lipinski definition) is 2. The highest BCUT2D eigenvalue weighted by atomic mass is 32.1. The Bertz CT molecular complexity index is 765. The van der Waals surface area contributed by atoms with Crippen molar-refractivity contribution in [1.29, 1.82) is 0 Å². The van der Waals surface area contributed by atoms with Gasteiger partial charge in [0.05, 0.1) is 6.67 Å². The molecule has 0 radical (unpaired) electrons. The molecule has 1 saturated heterocycles. The summed E-state index contributed by atoms with van der Waals surface area (Å²) in [5.74, 6) is 0.184. The number of piperidine rings is 1. The third-order valence-corrected chi connectivity index (χ3v) is 5.73. The second-order valence-corrected chi connectivity index (χ2v) is 8.11. The molecule has 0 atom stereocenters. The fourth-order valence-corrected chi connectivity index (χ4v) is 4.01. The molecule has 140 valence electrons. The lowest BCUT2D eigenvalue weighted by atomic mass is 9.96. The first kappa shape index (κ1) is 19.0. The van der Waals surface area contributed by atoms with Gasteiger partial charge in [-0.25, -0.2) is 4.68 Å². The van der Waals surface area contributed by atoms with Gasteiger partial charge in [-0.1, -0.05) is 36.5 Å². The molecule has 6 nitrogen and oxygen atoms in total. The van der Waals surface area contributed by atoms with Crippen molar-refractivity contribution < 1.29 is 4.79 Å². The molecule has 1 aliphatic heterocycles. The zero-order valence-electron chi connectivity index (χ0n) is 15.0. The lowest BCUT2D eigenvalue weighted by Crippen LogP contribution is -2.39. The first-order valence-electron chi connectivity index (χ1n) is 9.06. The number of benzene rings is 1. The Labute approximate surface area is 163 Å². The minimum atomic E-state index is 0.0663. The molecule has 2 N–H and O–H groups in total. The smallest absolute Gasteiger partial charge is 0.227 e. The van der Waals surface area contributed by atoms with Gasteiger partial charge >= 0.3 is 0 Å². The van der Waals surface area contributed by atoms with E-state index >= 15 is 0 Å². The summed E-state index contributed by atoms with van der Waals surface area (Å²) in [6.07, 6.45) is 2.78. The molecule has 1 aromatic carbocycles. The van der Waals surface area contributed by atoms with E-state index in [1.54, 1.807) is 0 Å². The zero-order valence-corrected chi connectivity index (χ0v) is 16.6. The van der Waals surface area contributed by atoms with Gasteiger partial charge in [-0.15, -0.1) is 5.10 Å². The van der Waals surface area contributed by atoms with E-state index in [0.29, 0.717) is 6.67 Å². The maximum absolute atomic E-state index is 12.4. The van der Waals surface area contributed by atoms with E-state index in [4.69, 9.17) is 12.2 Å². The number of aromatic nitrogens is 2. The Balaban J connectivity index is 1.48. The SMILES string of the molecule is CCCNc1nn(CN2CCC(C(=O)Nc3ccccc3)CC2)c(=S)s1. The van der Waals surface area contributed by atoms with Gasteiger partial charge in [0.15, 0.2) is 3.95 Å². The molecule has 1 amide bonds. The molecule has 26 heavy (non-hydrogen) atoms. The van der Waals surface area contributed by atoms with Crippen molar-refractivity contribution in [3.05, 3.63) is 34.3 Å². The minimum Gasteiger partial charge on any atom is -0.360 e. The Hall–Kier alpha value is -1.77. The van der Waals surface area contributed by atoms with Crippen LogP contribution < -0.4 is 10.6 Å². The van der Waals surface area contributed by atoms with Gasteiger partial charge in [0.25, 0.3) is 0 Å². The van der Waals surface area contributed by atoms with E-state index in [9.17, 15) is 4.79 Å². The van der Waals surface area contributed by atoms with Crippen LogP contribution in [0.4, 0.5) is 10.8 Å². The number of likely N-dealkylation sites (tertiary alicyclic amines) is 1. The summed E-state index contributed by atoms with van der Waals surface area (Å²) in [7, 11) is 0. The first-order chi connectivity index (χ1) is 12.7. The Morgan fingerprint density at radius 2 is 2.04 bits per heavy atom. The molecule has 0 aliphatic carbocycles. The van der Waals surface area contributed by atoms with Crippen molar-refractivity contribution in [3.8, 4) is 0 Å². The molecule has 1 aliphatic rings. The normalized spacial score (nSPS) is 15.7. The molecule has 2 heterocycles. The van der Waals surface area contributed by atoms with Gasteiger partial charge < -0.3 is 10.6 Å². The van der Waals surface area contributed by atoms with Crippen LogP contribution in [0.15, 0.2) is 30.3 Å².